The Morgan fingerprint density at radius 3 is 2.56 bits per heavy atom. The lowest BCUT2D eigenvalue weighted by Gasteiger charge is -2.10. The first-order valence-corrected chi connectivity index (χ1v) is 10.6. The second kappa shape index (κ2) is 7.47. The quantitative estimate of drug-likeness (QED) is 0.440. The minimum Gasteiger partial charge on any atom is -0.496 e. The number of nitrogens with zero attached hydrogens (tertiary/aromatic N) is 5. The predicted molar refractivity (Wildman–Crippen MR) is 123 cm³/mol. The van der Waals surface area contributed by atoms with Gasteiger partial charge in [0.1, 0.15) is 28.8 Å². The topological polar surface area (TPSA) is 94.7 Å². The van der Waals surface area contributed by atoms with E-state index in [9.17, 15) is 0 Å². The number of nitrogens with one attached hydrogen (secondary N) is 1. The maximum absolute atomic E-state index is 5.78. The zero-order chi connectivity index (χ0) is 22.6. The molecule has 0 spiro atoms. The van der Waals surface area contributed by atoms with E-state index in [1.165, 1.54) is 5.69 Å². The molecule has 8 nitrogen and oxygen atoms in total. The first-order chi connectivity index (χ1) is 15.4. The van der Waals surface area contributed by atoms with E-state index >= 15 is 0 Å². The van der Waals surface area contributed by atoms with Crippen LogP contribution < -0.4 is 4.74 Å². The number of benzene rings is 1. The van der Waals surface area contributed by atoms with Gasteiger partial charge in [0.15, 0.2) is 0 Å². The first-order valence-electron chi connectivity index (χ1n) is 10.6. The van der Waals surface area contributed by atoms with Crippen molar-refractivity contribution in [2.24, 2.45) is 7.05 Å². The third-order valence-electron chi connectivity index (χ3n) is 6.20. The molecule has 0 bridgehead atoms. The first kappa shape index (κ1) is 20.2. The molecule has 8 heteroatoms. The van der Waals surface area contributed by atoms with Crippen molar-refractivity contribution >= 4 is 21.9 Å². The molecule has 5 aromatic rings. The highest BCUT2D eigenvalue weighted by Crippen LogP contribution is 2.40. The van der Waals surface area contributed by atoms with Gasteiger partial charge < -0.3 is 18.8 Å². The molecule has 0 saturated heterocycles. The fraction of sp³-hybridized carbons (Fsp3) is 0.333. The summed E-state index contributed by atoms with van der Waals surface area (Å²) in [6, 6.07) is 4.15. The molecule has 0 radical (unpaired) electrons. The van der Waals surface area contributed by atoms with E-state index < -0.39 is 0 Å². The van der Waals surface area contributed by atoms with Crippen LogP contribution in [0.1, 0.15) is 34.5 Å². The normalized spacial score (nSPS) is 11.7. The van der Waals surface area contributed by atoms with Gasteiger partial charge in [-0.25, -0.2) is 15.0 Å². The average Bonchev–Trinajstić information content (AvgIpc) is 3.40. The van der Waals surface area contributed by atoms with Gasteiger partial charge in [-0.15, -0.1) is 0 Å². The summed E-state index contributed by atoms with van der Waals surface area (Å²) in [5, 5.41) is 6.19. The van der Waals surface area contributed by atoms with Crippen LogP contribution >= 0.6 is 0 Å². The summed E-state index contributed by atoms with van der Waals surface area (Å²) in [5.74, 6) is 3.28. The fourth-order valence-electron chi connectivity index (χ4n) is 4.46. The highest BCUT2D eigenvalue weighted by atomic mass is 16.5. The molecule has 0 aliphatic carbocycles. The van der Waals surface area contributed by atoms with Gasteiger partial charge in [0, 0.05) is 40.8 Å². The van der Waals surface area contributed by atoms with Gasteiger partial charge in [0.2, 0.25) is 0 Å². The van der Waals surface area contributed by atoms with Crippen LogP contribution in [0.4, 0.5) is 0 Å². The average molecular weight is 431 g/mol. The maximum atomic E-state index is 5.78. The smallest absolute Gasteiger partial charge is 0.142 e. The Bertz CT molecular complexity index is 1450. The number of H-pyrrole nitrogens is 1. The molecule has 164 valence electrons. The summed E-state index contributed by atoms with van der Waals surface area (Å²) in [6.45, 7) is 7.79. The van der Waals surface area contributed by atoms with E-state index in [4.69, 9.17) is 14.2 Å². The Balaban J connectivity index is 1.67. The Morgan fingerprint density at radius 2 is 1.91 bits per heavy atom. The molecule has 4 aromatic heterocycles. The molecule has 4 heterocycles. The predicted octanol–water partition coefficient (Wildman–Crippen LogP) is 4.53. The van der Waals surface area contributed by atoms with E-state index in [-0.39, 0.29) is 0 Å². The number of methoxy groups -OCH3 is 1. The van der Waals surface area contributed by atoms with Crippen molar-refractivity contribution in [1.82, 2.24) is 29.7 Å². The lowest BCUT2D eigenvalue weighted by molar-refractivity contribution is 0.393. The van der Waals surface area contributed by atoms with Gasteiger partial charge in [-0.3, -0.25) is 0 Å². The molecule has 0 aliphatic rings. The number of ether oxygens (including phenoxy) is 1. The number of aromatic amines is 1. The molecular weight excluding hydrogens is 404 g/mol. The van der Waals surface area contributed by atoms with Crippen LogP contribution in [0.2, 0.25) is 0 Å². The zero-order valence-electron chi connectivity index (χ0n) is 19.2. The lowest BCUT2D eigenvalue weighted by Crippen LogP contribution is -2.03. The number of hydrogen-bond donors (Lipinski definition) is 1. The van der Waals surface area contributed by atoms with Crippen molar-refractivity contribution in [3.8, 4) is 16.9 Å². The molecule has 0 saturated carbocycles. The number of rotatable bonds is 5. The molecule has 0 aliphatic heterocycles. The third kappa shape index (κ3) is 3.14. The standard InChI is InChI=1S/C24H26N6O2/c1-12-22(13(2)32-29-12)18-9-20-17(10-21(18)31-6)23-19(26-14(3)27-24(23)28-20)8-7-16-11-25-15(4)30(16)5/h9-11H,7-8H2,1-6H3,(H,26,27,28). The van der Waals surface area contributed by atoms with E-state index in [1.54, 1.807) is 7.11 Å². The van der Waals surface area contributed by atoms with Gasteiger partial charge >= 0.3 is 0 Å². The van der Waals surface area contributed by atoms with Crippen LogP contribution in [0.5, 0.6) is 5.75 Å². The Morgan fingerprint density at radius 1 is 1.09 bits per heavy atom. The lowest BCUT2D eigenvalue weighted by atomic mass is 10.00. The SMILES string of the molecule is COc1cc2c(cc1-c1c(C)noc1C)[nH]c1nc(C)nc(CCc3cnc(C)n3C)c12. The van der Waals surface area contributed by atoms with Crippen LogP contribution in [0, 0.1) is 27.7 Å². The number of imidazole rings is 1. The molecule has 32 heavy (non-hydrogen) atoms. The van der Waals surface area contributed by atoms with Crippen molar-refractivity contribution in [2.45, 2.75) is 40.5 Å². The number of fused-ring (bicyclic) bond motifs is 3. The van der Waals surface area contributed by atoms with Gasteiger partial charge in [-0.1, -0.05) is 5.16 Å². The van der Waals surface area contributed by atoms with Crippen molar-refractivity contribution in [1.29, 1.82) is 0 Å². The molecular formula is C24H26N6O2. The van der Waals surface area contributed by atoms with E-state index in [1.807, 2.05) is 40.9 Å². The molecule has 0 fully saturated rings. The summed E-state index contributed by atoms with van der Waals surface area (Å²) in [6.07, 6.45) is 3.58. The molecule has 5 rings (SSSR count). The third-order valence-corrected chi connectivity index (χ3v) is 6.20. The Hall–Kier alpha value is -3.68. The summed E-state index contributed by atoms with van der Waals surface area (Å²) in [5.41, 5.74) is 6.75. The van der Waals surface area contributed by atoms with Gasteiger partial charge in [0.25, 0.3) is 0 Å². The molecule has 0 amide bonds. The molecule has 0 atom stereocenters. The van der Waals surface area contributed by atoms with Crippen molar-refractivity contribution in [3.05, 3.63) is 52.8 Å². The summed E-state index contributed by atoms with van der Waals surface area (Å²) in [7, 11) is 3.73. The summed E-state index contributed by atoms with van der Waals surface area (Å²) < 4.78 is 13.3. The summed E-state index contributed by atoms with van der Waals surface area (Å²) >= 11 is 0. The van der Waals surface area contributed by atoms with Crippen LogP contribution in [0.15, 0.2) is 22.9 Å². The molecule has 1 N–H and O–H groups in total. The second-order valence-electron chi connectivity index (χ2n) is 8.22. The fourth-order valence-corrected chi connectivity index (χ4v) is 4.46. The Kier molecular flexibility index (Phi) is 4.73. The van der Waals surface area contributed by atoms with Crippen LogP contribution in [0.25, 0.3) is 33.1 Å². The van der Waals surface area contributed by atoms with Crippen molar-refractivity contribution in [2.75, 3.05) is 7.11 Å². The molecule has 1 aromatic carbocycles. The van der Waals surface area contributed by atoms with E-state index in [0.717, 1.165) is 80.5 Å². The highest BCUT2D eigenvalue weighted by molar-refractivity contribution is 6.09. The largest absolute Gasteiger partial charge is 0.496 e. The summed E-state index contributed by atoms with van der Waals surface area (Å²) in [4.78, 5) is 17.4. The minimum atomic E-state index is 0.748. The highest BCUT2D eigenvalue weighted by Gasteiger charge is 2.20. The van der Waals surface area contributed by atoms with Crippen LogP contribution in [-0.2, 0) is 19.9 Å². The van der Waals surface area contributed by atoms with E-state index in [0.29, 0.717) is 0 Å². The number of aryl methyl sites for hydroxylation is 6. The number of aromatic nitrogens is 6. The van der Waals surface area contributed by atoms with Crippen molar-refractivity contribution < 1.29 is 9.26 Å². The van der Waals surface area contributed by atoms with Gasteiger partial charge in [-0.05, 0) is 52.7 Å². The maximum Gasteiger partial charge on any atom is 0.142 e. The van der Waals surface area contributed by atoms with Crippen LogP contribution in [0.3, 0.4) is 0 Å². The minimum absolute atomic E-state index is 0.748. The monoisotopic (exact) mass is 430 g/mol. The van der Waals surface area contributed by atoms with E-state index in [2.05, 4.69) is 36.8 Å². The second-order valence-corrected chi connectivity index (χ2v) is 8.22. The van der Waals surface area contributed by atoms with Crippen LogP contribution in [-0.4, -0.2) is 36.8 Å². The van der Waals surface area contributed by atoms with Gasteiger partial charge in [0.05, 0.1) is 24.1 Å². The Labute approximate surface area is 185 Å². The number of hydrogen-bond acceptors (Lipinski definition) is 6. The molecule has 0 unspecified atom stereocenters. The van der Waals surface area contributed by atoms with Gasteiger partial charge in [-0.2, -0.15) is 0 Å². The van der Waals surface area contributed by atoms with Crippen molar-refractivity contribution in [3.63, 3.8) is 0 Å². The zero-order valence-corrected chi connectivity index (χ0v) is 19.2.